The Balaban J connectivity index is 1.79. The summed E-state index contributed by atoms with van der Waals surface area (Å²) in [6.45, 7) is 2.81. The molecule has 22 heavy (non-hydrogen) atoms. The second-order valence-electron chi connectivity index (χ2n) is 5.61. The number of hydrogen-bond donors (Lipinski definition) is 1. The largest absolute Gasteiger partial charge is 0.394 e. The Kier molecular flexibility index (Phi) is 4.68. The van der Waals surface area contributed by atoms with Crippen LogP contribution in [0.5, 0.6) is 0 Å². The first-order chi connectivity index (χ1) is 10.6. The molecular weight excluding hydrogens is 322 g/mol. The highest BCUT2D eigenvalue weighted by Gasteiger charge is 2.29. The maximum atomic E-state index is 12.6. The van der Waals surface area contributed by atoms with Gasteiger partial charge in [0.05, 0.1) is 31.8 Å². The van der Waals surface area contributed by atoms with E-state index in [9.17, 15) is 9.90 Å². The number of nitrogens with zero attached hydrogens (tertiary/aromatic N) is 1. The van der Waals surface area contributed by atoms with E-state index in [0.29, 0.717) is 24.6 Å². The zero-order valence-corrected chi connectivity index (χ0v) is 13.9. The minimum atomic E-state index is -0.284. The van der Waals surface area contributed by atoms with Gasteiger partial charge in [0.15, 0.2) is 0 Å². The first kappa shape index (κ1) is 15.7. The number of halogens is 1. The van der Waals surface area contributed by atoms with Crippen LogP contribution in [0.1, 0.15) is 12.5 Å². The number of aliphatic hydroxyl groups is 1. The van der Waals surface area contributed by atoms with E-state index < -0.39 is 0 Å². The first-order valence-corrected chi connectivity index (χ1v) is 8.52. The summed E-state index contributed by atoms with van der Waals surface area (Å²) in [6, 6.07) is 5.79. The van der Waals surface area contributed by atoms with E-state index in [1.807, 2.05) is 30.5 Å². The highest BCUT2D eigenvalue weighted by atomic mass is 35.5. The number of amides is 1. The maximum absolute atomic E-state index is 12.6. The summed E-state index contributed by atoms with van der Waals surface area (Å²) in [5, 5.41) is 13.0. The van der Waals surface area contributed by atoms with Crippen LogP contribution in [-0.4, -0.2) is 47.8 Å². The van der Waals surface area contributed by atoms with E-state index in [4.69, 9.17) is 16.3 Å². The van der Waals surface area contributed by atoms with Crippen molar-refractivity contribution in [2.45, 2.75) is 25.5 Å². The molecule has 2 aromatic rings. The summed E-state index contributed by atoms with van der Waals surface area (Å²) in [7, 11) is 0. The summed E-state index contributed by atoms with van der Waals surface area (Å²) >= 11 is 7.68. The van der Waals surface area contributed by atoms with Gasteiger partial charge in [-0.3, -0.25) is 4.79 Å². The van der Waals surface area contributed by atoms with Gasteiger partial charge in [-0.25, -0.2) is 0 Å². The molecule has 1 saturated heterocycles. The molecule has 1 aliphatic rings. The number of rotatable bonds is 3. The number of morpholine rings is 1. The average Bonchev–Trinajstić information content (AvgIpc) is 2.90. The molecule has 1 N–H and O–H groups in total. The fourth-order valence-electron chi connectivity index (χ4n) is 2.73. The molecule has 3 rings (SSSR count). The molecule has 0 radical (unpaired) electrons. The van der Waals surface area contributed by atoms with Crippen molar-refractivity contribution in [2.75, 3.05) is 19.8 Å². The molecule has 2 atom stereocenters. The van der Waals surface area contributed by atoms with Crippen molar-refractivity contribution >= 4 is 38.9 Å². The maximum Gasteiger partial charge on any atom is 0.227 e. The Morgan fingerprint density at radius 3 is 3.14 bits per heavy atom. The molecule has 6 heteroatoms. The van der Waals surface area contributed by atoms with Crippen LogP contribution in [0.4, 0.5) is 0 Å². The van der Waals surface area contributed by atoms with Gasteiger partial charge in [0.1, 0.15) is 0 Å². The molecule has 118 valence electrons. The van der Waals surface area contributed by atoms with Crippen molar-refractivity contribution in [1.82, 2.24) is 4.90 Å². The van der Waals surface area contributed by atoms with Gasteiger partial charge < -0.3 is 14.7 Å². The Bertz CT molecular complexity index is 687. The Hall–Kier alpha value is -1.14. The van der Waals surface area contributed by atoms with Crippen molar-refractivity contribution in [2.24, 2.45) is 0 Å². The quantitative estimate of drug-likeness (QED) is 0.935. The zero-order chi connectivity index (χ0) is 15.7. The van der Waals surface area contributed by atoms with Gasteiger partial charge in [-0.15, -0.1) is 11.3 Å². The van der Waals surface area contributed by atoms with Crippen LogP contribution < -0.4 is 0 Å². The minimum absolute atomic E-state index is 0.0313. The van der Waals surface area contributed by atoms with Crippen LogP contribution in [0.25, 0.3) is 10.1 Å². The van der Waals surface area contributed by atoms with Crippen LogP contribution in [0, 0.1) is 0 Å². The number of ether oxygens (including phenoxy) is 1. The van der Waals surface area contributed by atoms with E-state index in [-0.39, 0.29) is 24.7 Å². The molecule has 1 fully saturated rings. The Morgan fingerprint density at radius 1 is 1.55 bits per heavy atom. The molecule has 1 amide bonds. The van der Waals surface area contributed by atoms with Gasteiger partial charge in [-0.2, -0.15) is 0 Å². The normalized spacial score (nSPS) is 22.2. The molecule has 0 aliphatic carbocycles. The SMILES string of the molecule is C[C@H]1CO[C@@H](CO)CN1C(=O)Cc1csc2ccc(Cl)cc12. The number of thiophene rings is 1. The summed E-state index contributed by atoms with van der Waals surface area (Å²) < 4.78 is 6.62. The second kappa shape index (κ2) is 6.54. The predicted octanol–water partition coefficient (Wildman–Crippen LogP) is 2.71. The third kappa shape index (κ3) is 3.13. The smallest absolute Gasteiger partial charge is 0.227 e. The zero-order valence-electron chi connectivity index (χ0n) is 12.3. The van der Waals surface area contributed by atoms with E-state index in [1.54, 1.807) is 16.2 Å². The van der Waals surface area contributed by atoms with Gasteiger partial charge in [-0.05, 0) is 41.5 Å². The minimum Gasteiger partial charge on any atom is -0.394 e. The molecule has 1 aliphatic heterocycles. The highest BCUT2D eigenvalue weighted by molar-refractivity contribution is 7.17. The fourth-order valence-corrected chi connectivity index (χ4v) is 3.85. The molecular formula is C16H18ClNO3S. The molecule has 4 nitrogen and oxygen atoms in total. The number of carbonyl (C=O) groups is 1. The lowest BCUT2D eigenvalue weighted by atomic mass is 10.1. The number of fused-ring (bicyclic) bond motifs is 1. The molecule has 0 unspecified atom stereocenters. The van der Waals surface area contributed by atoms with Crippen LogP contribution in [-0.2, 0) is 16.0 Å². The van der Waals surface area contributed by atoms with E-state index in [0.717, 1.165) is 15.6 Å². The van der Waals surface area contributed by atoms with Gasteiger partial charge in [-0.1, -0.05) is 11.6 Å². The van der Waals surface area contributed by atoms with Crippen molar-refractivity contribution in [1.29, 1.82) is 0 Å². The topological polar surface area (TPSA) is 49.8 Å². The Labute approximate surface area is 138 Å². The van der Waals surface area contributed by atoms with Gasteiger partial charge >= 0.3 is 0 Å². The van der Waals surface area contributed by atoms with Crippen molar-refractivity contribution < 1.29 is 14.6 Å². The lowest BCUT2D eigenvalue weighted by Crippen LogP contribution is -2.52. The number of hydrogen-bond acceptors (Lipinski definition) is 4. The lowest BCUT2D eigenvalue weighted by Gasteiger charge is -2.37. The third-order valence-electron chi connectivity index (χ3n) is 3.99. The van der Waals surface area contributed by atoms with E-state index >= 15 is 0 Å². The monoisotopic (exact) mass is 339 g/mol. The summed E-state index contributed by atoms with van der Waals surface area (Å²) in [5.74, 6) is 0.0638. The van der Waals surface area contributed by atoms with Crippen LogP contribution in [0.2, 0.25) is 5.02 Å². The van der Waals surface area contributed by atoms with Gasteiger partial charge in [0.25, 0.3) is 0 Å². The predicted molar refractivity (Wildman–Crippen MR) is 88.5 cm³/mol. The lowest BCUT2D eigenvalue weighted by molar-refractivity contribution is -0.145. The van der Waals surface area contributed by atoms with Gasteiger partial charge in [0.2, 0.25) is 5.91 Å². The fraction of sp³-hybridized carbons (Fsp3) is 0.438. The molecule has 1 aromatic heterocycles. The average molecular weight is 340 g/mol. The van der Waals surface area contributed by atoms with Crippen molar-refractivity contribution in [3.63, 3.8) is 0 Å². The van der Waals surface area contributed by atoms with Crippen molar-refractivity contribution in [3.05, 3.63) is 34.2 Å². The highest BCUT2D eigenvalue weighted by Crippen LogP contribution is 2.29. The van der Waals surface area contributed by atoms with Crippen LogP contribution in [0.15, 0.2) is 23.6 Å². The summed E-state index contributed by atoms with van der Waals surface area (Å²) in [5.41, 5.74) is 1.01. The number of aliphatic hydroxyl groups excluding tert-OH is 1. The molecule has 0 bridgehead atoms. The third-order valence-corrected chi connectivity index (χ3v) is 5.23. The summed E-state index contributed by atoms with van der Waals surface area (Å²) in [4.78, 5) is 14.4. The number of carbonyl (C=O) groups excluding carboxylic acids is 1. The molecule has 2 heterocycles. The van der Waals surface area contributed by atoms with Crippen molar-refractivity contribution in [3.8, 4) is 0 Å². The standard InChI is InChI=1S/C16H18ClNO3S/c1-10-8-21-13(7-19)6-18(10)16(20)4-11-9-22-15-3-2-12(17)5-14(11)15/h2-3,5,9-10,13,19H,4,6-8H2,1H3/t10-,13+/m0/s1. The van der Waals surface area contributed by atoms with Crippen LogP contribution in [0.3, 0.4) is 0 Å². The molecule has 0 spiro atoms. The van der Waals surface area contributed by atoms with E-state index in [2.05, 4.69) is 0 Å². The number of benzene rings is 1. The van der Waals surface area contributed by atoms with Crippen LogP contribution >= 0.6 is 22.9 Å². The van der Waals surface area contributed by atoms with E-state index in [1.165, 1.54) is 0 Å². The van der Waals surface area contributed by atoms with Gasteiger partial charge in [0, 0.05) is 16.3 Å². The molecule has 1 aromatic carbocycles. The second-order valence-corrected chi connectivity index (χ2v) is 6.96. The molecule has 0 saturated carbocycles. The Morgan fingerprint density at radius 2 is 2.36 bits per heavy atom. The first-order valence-electron chi connectivity index (χ1n) is 7.26. The summed E-state index contributed by atoms with van der Waals surface area (Å²) in [6.07, 6.45) is 0.0665.